The molecule has 0 radical (unpaired) electrons. The number of hydrogen-bond acceptors (Lipinski definition) is 7. The number of sulfone groups is 1. The number of aromatic nitrogens is 2. The number of nitrogens with zero attached hydrogens (tertiary/aromatic N) is 2. The van der Waals surface area contributed by atoms with Crippen LogP contribution in [0.3, 0.4) is 0 Å². The molecule has 0 bridgehead atoms. The van der Waals surface area contributed by atoms with Crippen LogP contribution in [0.15, 0.2) is 33.9 Å². The van der Waals surface area contributed by atoms with Crippen LogP contribution in [0.5, 0.6) is 0 Å². The molecule has 0 aliphatic rings. The Morgan fingerprint density at radius 1 is 1.27 bits per heavy atom. The van der Waals surface area contributed by atoms with Gasteiger partial charge in [0.25, 0.3) is 0 Å². The Kier molecular flexibility index (Phi) is 5.92. The standard InChI is InChI=1S/C16H20ClN3O5S/c1-10(18-14(21)25-16(2,3)4)13-19-20-15(24-13)26(22,23)9-11-5-7-12(17)8-6-11/h5-8,10H,9H2,1-4H3,(H,18,21)/t10-/m0/s1. The van der Waals surface area contributed by atoms with Crippen molar-refractivity contribution in [1.29, 1.82) is 0 Å². The molecule has 1 aromatic carbocycles. The molecule has 0 saturated carbocycles. The van der Waals surface area contributed by atoms with Gasteiger partial charge < -0.3 is 14.5 Å². The molecule has 10 heteroatoms. The smallest absolute Gasteiger partial charge is 0.408 e. The van der Waals surface area contributed by atoms with Crippen LogP contribution < -0.4 is 5.32 Å². The van der Waals surface area contributed by atoms with Gasteiger partial charge in [0.05, 0.1) is 5.75 Å². The molecule has 2 rings (SSSR count). The van der Waals surface area contributed by atoms with Gasteiger partial charge in [-0.2, -0.15) is 0 Å². The van der Waals surface area contributed by atoms with E-state index in [-0.39, 0.29) is 11.6 Å². The molecule has 0 fully saturated rings. The van der Waals surface area contributed by atoms with Gasteiger partial charge in [0.1, 0.15) is 11.6 Å². The quantitative estimate of drug-likeness (QED) is 0.817. The molecule has 1 heterocycles. The van der Waals surface area contributed by atoms with Gasteiger partial charge in [-0.25, -0.2) is 13.2 Å². The predicted molar refractivity (Wildman–Crippen MR) is 94.4 cm³/mol. The van der Waals surface area contributed by atoms with Crippen molar-refractivity contribution in [3.8, 4) is 0 Å². The van der Waals surface area contributed by atoms with Gasteiger partial charge in [0.2, 0.25) is 15.7 Å². The first-order valence-electron chi connectivity index (χ1n) is 7.76. The van der Waals surface area contributed by atoms with E-state index in [0.717, 1.165) is 0 Å². The van der Waals surface area contributed by atoms with Crippen molar-refractivity contribution in [3.63, 3.8) is 0 Å². The van der Waals surface area contributed by atoms with E-state index in [9.17, 15) is 13.2 Å². The number of carbonyl (C=O) groups is 1. The van der Waals surface area contributed by atoms with Crippen molar-refractivity contribution in [3.05, 3.63) is 40.7 Å². The number of ether oxygens (including phenoxy) is 1. The zero-order valence-corrected chi connectivity index (χ0v) is 16.4. The van der Waals surface area contributed by atoms with Crippen molar-refractivity contribution in [1.82, 2.24) is 15.5 Å². The molecular weight excluding hydrogens is 382 g/mol. The zero-order valence-electron chi connectivity index (χ0n) is 14.8. The summed E-state index contributed by atoms with van der Waals surface area (Å²) in [7, 11) is -3.82. The maximum absolute atomic E-state index is 12.4. The van der Waals surface area contributed by atoms with E-state index < -0.39 is 32.8 Å². The summed E-state index contributed by atoms with van der Waals surface area (Å²) in [6.45, 7) is 6.76. The van der Waals surface area contributed by atoms with E-state index in [2.05, 4.69) is 15.5 Å². The van der Waals surface area contributed by atoms with Crippen molar-refractivity contribution in [2.75, 3.05) is 0 Å². The topological polar surface area (TPSA) is 111 Å². The molecule has 2 aromatic rings. The van der Waals surface area contributed by atoms with Crippen molar-refractivity contribution in [2.24, 2.45) is 0 Å². The first-order valence-corrected chi connectivity index (χ1v) is 9.79. The highest BCUT2D eigenvalue weighted by Gasteiger charge is 2.26. The normalized spacial score (nSPS) is 13.3. The highest BCUT2D eigenvalue weighted by molar-refractivity contribution is 7.90. The lowest BCUT2D eigenvalue weighted by Gasteiger charge is -2.20. The Labute approximate surface area is 156 Å². The van der Waals surface area contributed by atoms with Crippen LogP contribution in [-0.4, -0.2) is 30.3 Å². The van der Waals surface area contributed by atoms with Gasteiger partial charge in [-0.1, -0.05) is 28.8 Å². The number of rotatable bonds is 5. The molecule has 1 amide bonds. The minimum Gasteiger partial charge on any atom is -0.444 e. The Morgan fingerprint density at radius 2 is 1.88 bits per heavy atom. The highest BCUT2D eigenvalue weighted by atomic mass is 35.5. The third-order valence-electron chi connectivity index (χ3n) is 3.06. The number of amides is 1. The Morgan fingerprint density at radius 3 is 2.46 bits per heavy atom. The Bertz CT molecular complexity index is 872. The fraction of sp³-hybridized carbons (Fsp3) is 0.438. The molecule has 142 valence electrons. The molecule has 8 nitrogen and oxygen atoms in total. The summed E-state index contributed by atoms with van der Waals surface area (Å²) in [6.07, 6.45) is -0.672. The van der Waals surface area contributed by atoms with Crippen LogP contribution in [0.2, 0.25) is 5.02 Å². The van der Waals surface area contributed by atoms with Gasteiger partial charge in [0.15, 0.2) is 0 Å². The van der Waals surface area contributed by atoms with Crippen molar-refractivity contribution < 1.29 is 22.4 Å². The summed E-state index contributed by atoms with van der Waals surface area (Å²) in [5.74, 6) is -0.342. The molecule has 0 saturated heterocycles. The summed E-state index contributed by atoms with van der Waals surface area (Å²) >= 11 is 5.78. The lowest BCUT2D eigenvalue weighted by Crippen LogP contribution is -2.34. The van der Waals surface area contributed by atoms with Crippen LogP contribution in [0.1, 0.15) is 45.2 Å². The summed E-state index contributed by atoms with van der Waals surface area (Å²) in [4.78, 5) is 11.8. The van der Waals surface area contributed by atoms with Gasteiger partial charge >= 0.3 is 11.3 Å². The van der Waals surface area contributed by atoms with Crippen LogP contribution in [0, 0.1) is 0 Å². The van der Waals surface area contributed by atoms with E-state index in [4.69, 9.17) is 20.8 Å². The van der Waals surface area contributed by atoms with E-state index in [1.165, 1.54) is 0 Å². The largest absolute Gasteiger partial charge is 0.444 e. The molecule has 26 heavy (non-hydrogen) atoms. The van der Waals surface area contributed by atoms with Crippen LogP contribution in [0.4, 0.5) is 4.79 Å². The molecule has 0 aliphatic heterocycles. The second-order valence-corrected chi connectivity index (χ2v) is 8.96. The van der Waals surface area contributed by atoms with Gasteiger partial charge in [0, 0.05) is 5.02 Å². The fourth-order valence-corrected chi connectivity index (χ4v) is 3.19. The molecular formula is C16H20ClN3O5S. The van der Waals surface area contributed by atoms with Gasteiger partial charge in [-0.05, 0) is 45.4 Å². The van der Waals surface area contributed by atoms with Crippen LogP contribution >= 0.6 is 11.6 Å². The first-order chi connectivity index (χ1) is 12.0. The monoisotopic (exact) mass is 401 g/mol. The summed E-state index contributed by atoms with van der Waals surface area (Å²) < 4.78 is 35.1. The van der Waals surface area contributed by atoms with E-state index >= 15 is 0 Å². The second kappa shape index (κ2) is 7.63. The van der Waals surface area contributed by atoms with E-state index in [0.29, 0.717) is 10.6 Å². The van der Waals surface area contributed by atoms with E-state index in [1.807, 2.05) is 0 Å². The number of nitrogens with one attached hydrogen (secondary N) is 1. The molecule has 0 aliphatic carbocycles. The number of alkyl carbamates (subject to hydrolysis) is 1. The van der Waals surface area contributed by atoms with Crippen molar-refractivity contribution in [2.45, 2.75) is 50.3 Å². The summed E-state index contributed by atoms with van der Waals surface area (Å²) in [6, 6.07) is 5.68. The zero-order chi connectivity index (χ0) is 19.5. The predicted octanol–water partition coefficient (Wildman–Crippen LogP) is 3.28. The number of benzene rings is 1. The third-order valence-corrected chi connectivity index (χ3v) is 4.72. The molecule has 1 N–H and O–H groups in total. The Hall–Kier alpha value is -2.13. The summed E-state index contributed by atoms with van der Waals surface area (Å²) in [5.41, 5.74) is -0.125. The molecule has 0 unspecified atom stereocenters. The number of carbonyl (C=O) groups excluding carboxylic acids is 1. The highest BCUT2D eigenvalue weighted by Crippen LogP contribution is 2.20. The summed E-state index contributed by atoms with van der Waals surface area (Å²) in [5, 5.41) is 9.78. The first kappa shape index (κ1) is 20.2. The Balaban J connectivity index is 2.07. The van der Waals surface area contributed by atoms with E-state index in [1.54, 1.807) is 52.0 Å². The van der Waals surface area contributed by atoms with Gasteiger partial charge in [-0.15, -0.1) is 5.10 Å². The number of hydrogen-bond donors (Lipinski definition) is 1. The maximum Gasteiger partial charge on any atom is 0.408 e. The lowest BCUT2D eigenvalue weighted by molar-refractivity contribution is 0.0500. The molecule has 1 atom stereocenters. The average Bonchev–Trinajstić information content (AvgIpc) is 2.98. The van der Waals surface area contributed by atoms with Crippen LogP contribution in [-0.2, 0) is 20.3 Å². The van der Waals surface area contributed by atoms with Crippen LogP contribution in [0.25, 0.3) is 0 Å². The number of halogens is 1. The minimum atomic E-state index is -3.82. The fourth-order valence-electron chi connectivity index (χ4n) is 1.93. The molecule has 1 aromatic heterocycles. The van der Waals surface area contributed by atoms with Gasteiger partial charge in [-0.3, -0.25) is 0 Å². The maximum atomic E-state index is 12.4. The second-order valence-electron chi connectivity index (χ2n) is 6.66. The SMILES string of the molecule is C[C@H](NC(=O)OC(C)(C)C)c1nnc(S(=O)(=O)Cc2ccc(Cl)cc2)o1. The van der Waals surface area contributed by atoms with Crippen molar-refractivity contribution >= 4 is 27.5 Å². The molecule has 0 spiro atoms. The third kappa shape index (κ3) is 5.70. The minimum absolute atomic E-state index is 0.0365. The lowest BCUT2D eigenvalue weighted by atomic mass is 10.2. The average molecular weight is 402 g/mol.